The summed E-state index contributed by atoms with van der Waals surface area (Å²) in [5, 5.41) is 3.42. The lowest BCUT2D eigenvalue weighted by Gasteiger charge is -2.09. The Hall–Kier alpha value is -2.18. The van der Waals surface area contributed by atoms with Crippen LogP contribution in [-0.4, -0.2) is 16.4 Å². The van der Waals surface area contributed by atoms with Gasteiger partial charge in [0.2, 0.25) is 0 Å². The number of halogens is 3. The number of rotatable bonds is 3. The van der Waals surface area contributed by atoms with Crippen molar-refractivity contribution >= 4 is 6.29 Å². The number of benzene rings is 1. The fourth-order valence-electron chi connectivity index (χ4n) is 1.44. The molecular weight excluding hydrogens is 249 g/mol. The minimum Gasteiger partial charge on any atom is -0.334 e. The van der Waals surface area contributed by atoms with Crippen LogP contribution in [-0.2, 0) is 17.4 Å². The Morgan fingerprint density at radius 2 is 2.00 bits per heavy atom. The number of aromatic nitrogens is 2. The van der Waals surface area contributed by atoms with Crippen molar-refractivity contribution in [3.05, 3.63) is 35.7 Å². The normalized spacial score (nSPS) is 11.5. The number of nitrogens with zero attached hydrogens (tertiary/aromatic N) is 2. The fraction of sp³-hybridized carbons (Fsp3) is 0.182. The average molecular weight is 256 g/mol. The van der Waals surface area contributed by atoms with E-state index in [1.165, 1.54) is 18.2 Å². The van der Waals surface area contributed by atoms with Crippen molar-refractivity contribution in [3.63, 3.8) is 0 Å². The molecule has 0 spiro atoms. The molecule has 94 valence electrons. The van der Waals surface area contributed by atoms with Gasteiger partial charge in [-0.05, 0) is 12.1 Å². The number of carbonyl (C=O) groups excluding carboxylic acids is 1. The van der Waals surface area contributed by atoms with E-state index in [1.54, 1.807) is 0 Å². The minimum absolute atomic E-state index is 0.0528. The van der Waals surface area contributed by atoms with E-state index in [-0.39, 0.29) is 23.7 Å². The third-order valence-corrected chi connectivity index (χ3v) is 2.20. The van der Waals surface area contributed by atoms with E-state index in [0.717, 1.165) is 6.07 Å². The highest BCUT2D eigenvalue weighted by molar-refractivity contribution is 5.60. The van der Waals surface area contributed by atoms with Gasteiger partial charge in [0.1, 0.15) is 6.29 Å². The van der Waals surface area contributed by atoms with Crippen LogP contribution in [0.3, 0.4) is 0 Å². The van der Waals surface area contributed by atoms with Crippen molar-refractivity contribution in [2.75, 3.05) is 0 Å². The van der Waals surface area contributed by atoms with Gasteiger partial charge >= 0.3 is 6.18 Å². The number of alkyl halides is 3. The van der Waals surface area contributed by atoms with Crippen LogP contribution < -0.4 is 0 Å². The van der Waals surface area contributed by atoms with Crippen molar-refractivity contribution in [1.82, 2.24) is 10.1 Å². The molecule has 0 unspecified atom stereocenters. The zero-order valence-electron chi connectivity index (χ0n) is 8.94. The zero-order chi connectivity index (χ0) is 13.2. The van der Waals surface area contributed by atoms with E-state index in [2.05, 4.69) is 10.1 Å². The first-order valence-electron chi connectivity index (χ1n) is 4.95. The molecule has 1 aromatic heterocycles. The Morgan fingerprint density at radius 1 is 1.28 bits per heavy atom. The maximum Gasteiger partial charge on any atom is 0.417 e. The molecule has 0 aliphatic carbocycles. The molecule has 1 aromatic carbocycles. The van der Waals surface area contributed by atoms with Gasteiger partial charge in [0.15, 0.2) is 5.82 Å². The van der Waals surface area contributed by atoms with Crippen molar-refractivity contribution < 1.29 is 22.5 Å². The second-order valence-corrected chi connectivity index (χ2v) is 3.43. The molecular formula is C11H7F3N2O2. The van der Waals surface area contributed by atoms with Crippen LogP contribution in [0.2, 0.25) is 0 Å². The molecule has 0 aliphatic heterocycles. The summed E-state index contributed by atoms with van der Waals surface area (Å²) in [6.07, 6.45) is -4.06. The number of aldehydes is 1. The van der Waals surface area contributed by atoms with Gasteiger partial charge in [0.05, 0.1) is 17.5 Å². The van der Waals surface area contributed by atoms with Crippen LogP contribution in [0.4, 0.5) is 13.2 Å². The van der Waals surface area contributed by atoms with E-state index in [4.69, 9.17) is 4.52 Å². The highest BCUT2D eigenvalue weighted by atomic mass is 19.4. The first-order valence-corrected chi connectivity index (χ1v) is 4.95. The number of hydrogen-bond acceptors (Lipinski definition) is 4. The monoisotopic (exact) mass is 256 g/mol. The quantitative estimate of drug-likeness (QED) is 0.792. The standard InChI is InChI=1S/C11H7F3N2O2/c12-11(13,14)8-4-2-1-3-7(8)10-15-9(5-6-17)16-18-10/h1-4,6H,5H2. The summed E-state index contributed by atoms with van der Waals surface area (Å²) in [7, 11) is 0. The summed E-state index contributed by atoms with van der Waals surface area (Å²) >= 11 is 0. The number of carbonyl (C=O) groups is 1. The van der Waals surface area contributed by atoms with Crippen molar-refractivity contribution in [3.8, 4) is 11.5 Å². The molecule has 0 fully saturated rings. The van der Waals surface area contributed by atoms with Crippen LogP contribution in [0.1, 0.15) is 11.4 Å². The summed E-state index contributed by atoms with van der Waals surface area (Å²) < 4.78 is 42.9. The largest absolute Gasteiger partial charge is 0.417 e. The summed E-state index contributed by atoms with van der Waals surface area (Å²) in [6, 6.07) is 4.88. The molecule has 2 rings (SSSR count). The van der Waals surface area contributed by atoms with Crippen LogP contribution in [0, 0.1) is 0 Å². The zero-order valence-corrected chi connectivity index (χ0v) is 8.94. The predicted molar refractivity (Wildman–Crippen MR) is 54.5 cm³/mol. The topological polar surface area (TPSA) is 56.0 Å². The highest BCUT2D eigenvalue weighted by Crippen LogP contribution is 2.36. The molecule has 0 atom stereocenters. The van der Waals surface area contributed by atoms with Gasteiger partial charge in [-0.3, -0.25) is 0 Å². The third-order valence-electron chi connectivity index (χ3n) is 2.20. The minimum atomic E-state index is -4.50. The van der Waals surface area contributed by atoms with E-state index < -0.39 is 11.7 Å². The molecule has 7 heteroatoms. The molecule has 0 aliphatic rings. The Morgan fingerprint density at radius 3 is 2.67 bits per heavy atom. The lowest BCUT2D eigenvalue weighted by atomic mass is 10.1. The molecule has 0 N–H and O–H groups in total. The Balaban J connectivity index is 2.46. The van der Waals surface area contributed by atoms with Crippen molar-refractivity contribution in [2.45, 2.75) is 12.6 Å². The van der Waals surface area contributed by atoms with Gasteiger partial charge in [-0.2, -0.15) is 18.2 Å². The van der Waals surface area contributed by atoms with Gasteiger partial charge in [0.25, 0.3) is 5.89 Å². The number of hydrogen-bond donors (Lipinski definition) is 0. The van der Waals surface area contributed by atoms with Crippen LogP contribution in [0.15, 0.2) is 28.8 Å². The predicted octanol–water partition coefficient (Wildman–Crippen LogP) is 2.50. The smallest absolute Gasteiger partial charge is 0.334 e. The van der Waals surface area contributed by atoms with Gasteiger partial charge in [0, 0.05) is 0 Å². The van der Waals surface area contributed by atoms with Crippen molar-refractivity contribution in [1.29, 1.82) is 0 Å². The van der Waals surface area contributed by atoms with E-state index >= 15 is 0 Å². The van der Waals surface area contributed by atoms with E-state index in [9.17, 15) is 18.0 Å². The Kier molecular flexibility index (Phi) is 3.14. The van der Waals surface area contributed by atoms with E-state index in [1.807, 2.05) is 0 Å². The molecule has 0 saturated carbocycles. The van der Waals surface area contributed by atoms with Crippen molar-refractivity contribution in [2.24, 2.45) is 0 Å². The summed E-state index contributed by atoms with van der Waals surface area (Å²) in [6.45, 7) is 0. The Labute approximate surface area is 99.4 Å². The lowest BCUT2D eigenvalue weighted by molar-refractivity contribution is -0.137. The van der Waals surface area contributed by atoms with Gasteiger partial charge in [-0.1, -0.05) is 17.3 Å². The molecule has 4 nitrogen and oxygen atoms in total. The molecule has 18 heavy (non-hydrogen) atoms. The average Bonchev–Trinajstić information content (AvgIpc) is 2.77. The molecule has 0 bridgehead atoms. The van der Waals surface area contributed by atoms with Crippen LogP contribution >= 0.6 is 0 Å². The van der Waals surface area contributed by atoms with Crippen LogP contribution in [0.5, 0.6) is 0 Å². The first kappa shape index (κ1) is 12.3. The fourth-order valence-corrected chi connectivity index (χ4v) is 1.44. The van der Waals surface area contributed by atoms with Gasteiger partial charge in [-0.15, -0.1) is 0 Å². The third kappa shape index (κ3) is 2.39. The van der Waals surface area contributed by atoms with Gasteiger partial charge in [-0.25, -0.2) is 0 Å². The maximum absolute atomic E-state index is 12.7. The van der Waals surface area contributed by atoms with E-state index in [0.29, 0.717) is 6.29 Å². The SMILES string of the molecule is O=CCc1noc(-c2ccccc2C(F)(F)F)n1. The molecule has 0 radical (unpaired) electrons. The lowest BCUT2D eigenvalue weighted by Crippen LogP contribution is -2.06. The maximum atomic E-state index is 12.7. The first-order chi connectivity index (χ1) is 8.52. The molecule has 0 amide bonds. The second-order valence-electron chi connectivity index (χ2n) is 3.43. The molecule has 1 heterocycles. The highest BCUT2D eigenvalue weighted by Gasteiger charge is 2.34. The summed E-state index contributed by atoms with van der Waals surface area (Å²) in [5.41, 5.74) is -1.05. The Bertz CT molecular complexity index is 563. The summed E-state index contributed by atoms with van der Waals surface area (Å²) in [4.78, 5) is 14.0. The van der Waals surface area contributed by atoms with Crippen LogP contribution in [0.25, 0.3) is 11.5 Å². The second kappa shape index (κ2) is 4.59. The summed E-state index contributed by atoms with van der Waals surface area (Å²) in [5.74, 6) is -0.197. The molecule has 2 aromatic rings. The van der Waals surface area contributed by atoms with Gasteiger partial charge < -0.3 is 9.32 Å². The molecule has 0 saturated heterocycles.